The van der Waals surface area contributed by atoms with Gasteiger partial charge in [-0.1, -0.05) is 0 Å². The Bertz CT molecular complexity index is 530. The van der Waals surface area contributed by atoms with E-state index in [4.69, 9.17) is 4.74 Å². The van der Waals surface area contributed by atoms with Gasteiger partial charge in [0.2, 0.25) is 0 Å². The molecule has 3 rings (SSSR count). The molecule has 1 aromatic heterocycles. The molecule has 6 heteroatoms. The summed E-state index contributed by atoms with van der Waals surface area (Å²) in [4.78, 5) is 4.55. The van der Waals surface area contributed by atoms with Crippen molar-refractivity contribution in [1.29, 1.82) is 0 Å². The van der Waals surface area contributed by atoms with Crippen molar-refractivity contribution in [2.45, 2.75) is 6.04 Å². The molecule has 6 nitrogen and oxygen atoms in total. The maximum Gasteiger partial charge on any atom is 0.181 e. The summed E-state index contributed by atoms with van der Waals surface area (Å²) in [6, 6.07) is 7.93. The highest BCUT2D eigenvalue weighted by atomic mass is 16.5. The summed E-state index contributed by atoms with van der Waals surface area (Å²) in [6.45, 7) is 2.82. The summed E-state index contributed by atoms with van der Waals surface area (Å²) in [5, 5.41) is 14.0. The number of rotatable bonds is 3. The molecule has 2 heterocycles. The lowest BCUT2D eigenvalue weighted by atomic mass is 10.2. The lowest BCUT2D eigenvalue weighted by molar-refractivity contribution is 0.415. The molecule has 100 valence electrons. The van der Waals surface area contributed by atoms with E-state index in [0.29, 0.717) is 5.82 Å². The average molecular weight is 259 g/mol. The fourth-order valence-electron chi connectivity index (χ4n) is 2.15. The molecule has 0 saturated carbocycles. The third-order valence-electron chi connectivity index (χ3n) is 3.22. The fourth-order valence-corrected chi connectivity index (χ4v) is 2.15. The minimum Gasteiger partial charge on any atom is -0.497 e. The first-order valence-corrected chi connectivity index (χ1v) is 6.37. The molecule has 3 N–H and O–H groups in total. The molecule has 0 bridgehead atoms. The molecular weight excluding hydrogens is 242 g/mol. The van der Waals surface area contributed by atoms with E-state index in [-0.39, 0.29) is 6.04 Å². The first-order valence-electron chi connectivity index (χ1n) is 6.37. The van der Waals surface area contributed by atoms with Crippen molar-refractivity contribution in [3.8, 4) is 17.1 Å². The van der Waals surface area contributed by atoms with Gasteiger partial charge in [-0.2, -0.15) is 5.10 Å². The zero-order valence-corrected chi connectivity index (χ0v) is 10.8. The Kier molecular flexibility index (Phi) is 3.43. The third kappa shape index (κ3) is 2.59. The van der Waals surface area contributed by atoms with Gasteiger partial charge in [-0.3, -0.25) is 5.10 Å². The molecule has 0 radical (unpaired) electrons. The van der Waals surface area contributed by atoms with Crippen LogP contribution in [0.15, 0.2) is 24.3 Å². The second-order valence-electron chi connectivity index (χ2n) is 4.48. The smallest absolute Gasteiger partial charge is 0.181 e. The Morgan fingerprint density at radius 3 is 2.74 bits per heavy atom. The van der Waals surface area contributed by atoms with Crippen LogP contribution in [0.5, 0.6) is 5.75 Å². The van der Waals surface area contributed by atoms with Crippen molar-refractivity contribution >= 4 is 0 Å². The molecule has 1 atom stereocenters. The Labute approximate surface area is 111 Å². The Balaban J connectivity index is 1.79. The maximum atomic E-state index is 5.14. The number of H-pyrrole nitrogens is 1. The van der Waals surface area contributed by atoms with Gasteiger partial charge in [-0.25, -0.2) is 4.98 Å². The van der Waals surface area contributed by atoms with E-state index in [0.717, 1.165) is 36.8 Å². The van der Waals surface area contributed by atoms with Gasteiger partial charge < -0.3 is 15.4 Å². The third-order valence-corrected chi connectivity index (χ3v) is 3.22. The maximum absolute atomic E-state index is 5.14. The van der Waals surface area contributed by atoms with Crippen LogP contribution in [-0.2, 0) is 0 Å². The first-order chi connectivity index (χ1) is 9.36. The summed E-state index contributed by atoms with van der Waals surface area (Å²) in [5.41, 5.74) is 0.979. The van der Waals surface area contributed by atoms with Gasteiger partial charge in [0.1, 0.15) is 11.6 Å². The molecule has 0 spiro atoms. The number of aromatic amines is 1. The number of hydrogen-bond donors (Lipinski definition) is 3. The van der Waals surface area contributed by atoms with E-state index in [2.05, 4.69) is 25.8 Å². The van der Waals surface area contributed by atoms with Crippen molar-refractivity contribution < 1.29 is 4.74 Å². The zero-order chi connectivity index (χ0) is 13.1. The van der Waals surface area contributed by atoms with E-state index >= 15 is 0 Å². The molecule has 0 amide bonds. The van der Waals surface area contributed by atoms with Crippen molar-refractivity contribution in [3.63, 3.8) is 0 Å². The van der Waals surface area contributed by atoms with Gasteiger partial charge in [-0.05, 0) is 24.3 Å². The standard InChI is InChI=1S/C13H17N5O/c1-19-10-4-2-9(3-5-10)12-16-13(18-17-12)11-8-14-6-7-15-11/h2-5,11,14-15H,6-8H2,1H3,(H,16,17,18). The molecule has 1 saturated heterocycles. The largest absolute Gasteiger partial charge is 0.497 e. The summed E-state index contributed by atoms with van der Waals surface area (Å²) < 4.78 is 5.14. The number of methoxy groups -OCH3 is 1. The topological polar surface area (TPSA) is 74.9 Å². The monoisotopic (exact) mass is 259 g/mol. The van der Waals surface area contributed by atoms with Crippen LogP contribution in [0.2, 0.25) is 0 Å². The lowest BCUT2D eigenvalue weighted by Crippen LogP contribution is -2.43. The van der Waals surface area contributed by atoms with Gasteiger partial charge in [0, 0.05) is 25.2 Å². The number of nitrogens with one attached hydrogen (secondary N) is 3. The highest BCUT2D eigenvalue weighted by Gasteiger charge is 2.18. The number of hydrogen-bond acceptors (Lipinski definition) is 5. The predicted octanol–water partition coefficient (Wildman–Crippen LogP) is 0.714. The summed E-state index contributed by atoms with van der Waals surface area (Å²) in [5.74, 6) is 2.42. The quantitative estimate of drug-likeness (QED) is 0.757. The predicted molar refractivity (Wildman–Crippen MR) is 72.0 cm³/mol. The van der Waals surface area contributed by atoms with Crippen molar-refractivity contribution in [1.82, 2.24) is 25.8 Å². The van der Waals surface area contributed by atoms with Crippen LogP contribution in [0, 0.1) is 0 Å². The lowest BCUT2D eigenvalue weighted by Gasteiger charge is -2.22. The van der Waals surface area contributed by atoms with Gasteiger partial charge in [0.25, 0.3) is 0 Å². The van der Waals surface area contributed by atoms with Gasteiger partial charge >= 0.3 is 0 Å². The molecule has 1 fully saturated rings. The number of benzene rings is 1. The molecule has 1 aromatic carbocycles. The second-order valence-corrected chi connectivity index (χ2v) is 4.48. The number of ether oxygens (including phenoxy) is 1. The van der Waals surface area contributed by atoms with E-state index in [1.165, 1.54) is 0 Å². The average Bonchev–Trinajstić information content (AvgIpc) is 2.98. The van der Waals surface area contributed by atoms with Crippen LogP contribution in [-0.4, -0.2) is 41.9 Å². The molecule has 1 aliphatic heterocycles. The normalized spacial score (nSPS) is 19.3. The summed E-state index contributed by atoms with van der Waals surface area (Å²) in [6.07, 6.45) is 0. The molecule has 2 aromatic rings. The highest BCUT2D eigenvalue weighted by molar-refractivity contribution is 5.55. The van der Waals surface area contributed by atoms with E-state index in [1.54, 1.807) is 7.11 Å². The summed E-state index contributed by atoms with van der Waals surface area (Å²) >= 11 is 0. The van der Waals surface area contributed by atoms with Crippen molar-refractivity contribution in [2.24, 2.45) is 0 Å². The first kappa shape index (κ1) is 12.1. The minimum atomic E-state index is 0.202. The van der Waals surface area contributed by atoms with Gasteiger partial charge in [0.15, 0.2) is 5.82 Å². The van der Waals surface area contributed by atoms with Crippen LogP contribution in [0.1, 0.15) is 11.9 Å². The van der Waals surface area contributed by atoms with Crippen molar-refractivity contribution in [3.05, 3.63) is 30.1 Å². The number of nitrogens with zero attached hydrogens (tertiary/aromatic N) is 2. The Morgan fingerprint density at radius 2 is 2.05 bits per heavy atom. The molecular formula is C13H17N5O. The van der Waals surface area contributed by atoms with E-state index in [1.807, 2.05) is 24.3 Å². The minimum absolute atomic E-state index is 0.202. The highest BCUT2D eigenvalue weighted by Crippen LogP contribution is 2.20. The van der Waals surface area contributed by atoms with Crippen LogP contribution in [0.3, 0.4) is 0 Å². The van der Waals surface area contributed by atoms with Crippen molar-refractivity contribution in [2.75, 3.05) is 26.7 Å². The number of piperazine rings is 1. The Morgan fingerprint density at radius 1 is 1.21 bits per heavy atom. The Hall–Kier alpha value is -1.92. The van der Waals surface area contributed by atoms with Gasteiger partial charge in [-0.15, -0.1) is 0 Å². The van der Waals surface area contributed by atoms with Crippen LogP contribution < -0.4 is 15.4 Å². The van der Waals surface area contributed by atoms with Crippen LogP contribution >= 0.6 is 0 Å². The van der Waals surface area contributed by atoms with E-state index in [9.17, 15) is 0 Å². The SMILES string of the molecule is COc1ccc(-c2n[nH]c(C3CNCCN3)n2)cc1. The number of aromatic nitrogens is 3. The molecule has 1 unspecified atom stereocenters. The fraction of sp³-hybridized carbons (Fsp3) is 0.385. The van der Waals surface area contributed by atoms with Crippen LogP contribution in [0.4, 0.5) is 0 Å². The summed E-state index contributed by atoms with van der Waals surface area (Å²) in [7, 11) is 1.65. The molecule has 0 aliphatic carbocycles. The van der Waals surface area contributed by atoms with Gasteiger partial charge in [0.05, 0.1) is 13.2 Å². The molecule has 19 heavy (non-hydrogen) atoms. The molecule has 1 aliphatic rings. The van der Waals surface area contributed by atoms with E-state index < -0.39 is 0 Å². The zero-order valence-electron chi connectivity index (χ0n) is 10.8. The second kappa shape index (κ2) is 5.38. The van der Waals surface area contributed by atoms with Crippen LogP contribution in [0.25, 0.3) is 11.4 Å².